The molecule has 1 fully saturated rings. The average Bonchev–Trinajstić information content (AvgIpc) is 3.29. The molecule has 1 saturated carbocycles. The van der Waals surface area contributed by atoms with Gasteiger partial charge in [0.2, 0.25) is 0 Å². The van der Waals surface area contributed by atoms with Crippen LogP contribution >= 0.6 is 0 Å². The molecule has 0 radical (unpaired) electrons. The fraction of sp³-hybridized carbons (Fsp3) is 0.333. The van der Waals surface area contributed by atoms with Gasteiger partial charge in [0.15, 0.2) is 0 Å². The predicted octanol–water partition coefficient (Wildman–Crippen LogP) is 5.22. The highest BCUT2D eigenvalue weighted by Gasteiger charge is 2.21. The minimum absolute atomic E-state index is 0.799. The number of rotatable bonds is 5. The maximum Gasteiger partial charge on any atom is 0.135 e. The van der Waals surface area contributed by atoms with E-state index in [0.29, 0.717) is 0 Å². The van der Waals surface area contributed by atoms with Crippen LogP contribution in [-0.2, 0) is 6.54 Å². The molecule has 1 aliphatic carbocycles. The first-order valence-electron chi connectivity index (χ1n) is 8.50. The first-order chi connectivity index (χ1) is 11.2. The topological polar surface area (TPSA) is 25.2 Å². The summed E-state index contributed by atoms with van der Waals surface area (Å²) in [5.74, 6) is 1.93. The van der Waals surface area contributed by atoms with Crippen LogP contribution in [0.1, 0.15) is 29.7 Å². The zero-order chi connectivity index (χ0) is 15.8. The molecule has 0 amide bonds. The van der Waals surface area contributed by atoms with Crippen LogP contribution in [0.3, 0.4) is 0 Å². The summed E-state index contributed by atoms with van der Waals surface area (Å²) in [6.45, 7) is 6.16. The van der Waals surface area contributed by atoms with E-state index >= 15 is 0 Å². The maximum absolute atomic E-state index is 6.18. The molecule has 0 atom stereocenters. The van der Waals surface area contributed by atoms with Crippen molar-refractivity contribution < 1.29 is 4.42 Å². The van der Waals surface area contributed by atoms with Crippen molar-refractivity contribution in [1.82, 2.24) is 5.32 Å². The van der Waals surface area contributed by atoms with Crippen molar-refractivity contribution in [3.63, 3.8) is 0 Å². The molecule has 0 spiro atoms. The third-order valence-electron chi connectivity index (χ3n) is 4.67. The van der Waals surface area contributed by atoms with Crippen LogP contribution in [0.2, 0.25) is 0 Å². The van der Waals surface area contributed by atoms with Gasteiger partial charge in [0.05, 0.1) is 6.54 Å². The lowest BCUT2D eigenvalue weighted by Crippen LogP contribution is -2.16. The van der Waals surface area contributed by atoms with E-state index < -0.39 is 0 Å². The van der Waals surface area contributed by atoms with Crippen molar-refractivity contribution in [1.29, 1.82) is 0 Å². The molecule has 1 aromatic heterocycles. The van der Waals surface area contributed by atoms with Crippen molar-refractivity contribution in [3.05, 3.63) is 59.4 Å². The van der Waals surface area contributed by atoms with E-state index in [1.807, 2.05) is 0 Å². The van der Waals surface area contributed by atoms with Crippen molar-refractivity contribution in [2.75, 3.05) is 6.54 Å². The van der Waals surface area contributed by atoms with Crippen LogP contribution in [0.15, 0.2) is 46.9 Å². The Balaban J connectivity index is 1.76. The lowest BCUT2D eigenvalue weighted by atomic mass is 9.99. The van der Waals surface area contributed by atoms with Gasteiger partial charge in [0, 0.05) is 10.9 Å². The number of hydrogen-bond donors (Lipinski definition) is 1. The summed E-state index contributed by atoms with van der Waals surface area (Å²) in [5, 5.41) is 4.79. The smallest absolute Gasteiger partial charge is 0.135 e. The molecular weight excluding hydrogens is 282 g/mol. The number of hydrogen-bond acceptors (Lipinski definition) is 2. The number of aryl methyl sites for hydroxylation is 2. The van der Waals surface area contributed by atoms with E-state index in [1.165, 1.54) is 40.5 Å². The second kappa shape index (κ2) is 5.86. The number of fused-ring (bicyclic) bond motifs is 1. The van der Waals surface area contributed by atoms with Gasteiger partial charge in [-0.2, -0.15) is 0 Å². The molecule has 0 aliphatic heterocycles. The van der Waals surface area contributed by atoms with Crippen LogP contribution in [-0.4, -0.2) is 6.54 Å². The fourth-order valence-corrected chi connectivity index (χ4v) is 3.14. The highest BCUT2D eigenvalue weighted by molar-refractivity contribution is 5.96. The second-order valence-electron chi connectivity index (χ2n) is 6.84. The molecule has 0 saturated heterocycles. The predicted molar refractivity (Wildman–Crippen MR) is 95.6 cm³/mol. The van der Waals surface area contributed by atoms with Crippen molar-refractivity contribution in [2.24, 2.45) is 5.92 Å². The monoisotopic (exact) mass is 305 g/mol. The van der Waals surface area contributed by atoms with E-state index in [-0.39, 0.29) is 0 Å². The van der Waals surface area contributed by atoms with Gasteiger partial charge in [0.25, 0.3) is 0 Å². The minimum atomic E-state index is 0.799. The molecule has 118 valence electrons. The van der Waals surface area contributed by atoms with E-state index in [0.717, 1.165) is 30.4 Å². The molecule has 2 heteroatoms. The average molecular weight is 305 g/mol. The van der Waals surface area contributed by atoms with Gasteiger partial charge in [-0.05, 0) is 56.8 Å². The lowest BCUT2D eigenvalue weighted by Gasteiger charge is -2.06. The van der Waals surface area contributed by atoms with Crippen molar-refractivity contribution in [3.8, 4) is 11.1 Å². The summed E-state index contributed by atoms with van der Waals surface area (Å²) in [6.07, 6.45) is 2.74. The van der Waals surface area contributed by atoms with Gasteiger partial charge >= 0.3 is 0 Å². The minimum Gasteiger partial charge on any atom is -0.459 e. The summed E-state index contributed by atoms with van der Waals surface area (Å²) in [5.41, 5.74) is 6.01. The largest absolute Gasteiger partial charge is 0.459 e. The van der Waals surface area contributed by atoms with Gasteiger partial charge in [-0.25, -0.2) is 0 Å². The van der Waals surface area contributed by atoms with Crippen LogP contribution in [0.25, 0.3) is 22.1 Å². The van der Waals surface area contributed by atoms with Gasteiger partial charge in [-0.1, -0.05) is 41.5 Å². The quantitative estimate of drug-likeness (QED) is 0.699. The first kappa shape index (κ1) is 14.5. The number of nitrogens with one attached hydrogen (secondary N) is 1. The Bertz CT molecular complexity index is 825. The molecule has 1 heterocycles. The third-order valence-corrected chi connectivity index (χ3v) is 4.67. The van der Waals surface area contributed by atoms with E-state index in [9.17, 15) is 0 Å². The molecule has 4 rings (SSSR count). The second-order valence-corrected chi connectivity index (χ2v) is 6.84. The Kier molecular flexibility index (Phi) is 3.70. The zero-order valence-corrected chi connectivity index (χ0v) is 13.9. The van der Waals surface area contributed by atoms with Crippen molar-refractivity contribution in [2.45, 2.75) is 33.2 Å². The Labute approximate surface area is 137 Å². The molecule has 0 bridgehead atoms. The highest BCUT2D eigenvalue weighted by Crippen LogP contribution is 2.36. The summed E-state index contributed by atoms with van der Waals surface area (Å²) in [4.78, 5) is 0. The third kappa shape index (κ3) is 3.04. The van der Waals surface area contributed by atoms with Gasteiger partial charge < -0.3 is 9.73 Å². The molecular formula is C21H23NO. The molecule has 1 N–H and O–H groups in total. The molecule has 0 unspecified atom stereocenters. The molecule has 2 aromatic carbocycles. The molecule has 1 aliphatic rings. The van der Waals surface area contributed by atoms with E-state index in [4.69, 9.17) is 4.42 Å². The standard InChI is InChI=1S/C21H23NO/c1-14-3-8-17(9-4-14)21-18-11-15(2)5-10-19(18)23-20(21)13-22-12-16-6-7-16/h3-5,8-11,16,22H,6-7,12-13H2,1-2H3. The van der Waals surface area contributed by atoms with Gasteiger partial charge in [-0.15, -0.1) is 0 Å². The highest BCUT2D eigenvalue weighted by atomic mass is 16.3. The Hall–Kier alpha value is -2.06. The zero-order valence-electron chi connectivity index (χ0n) is 13.9. The SMILES string of the molecule is Cc1ccc(-c2c(CNCC3CC3)oc3ccc(C)cc23)cc1. The first-order valence-corrected chi connectivity index (χ1v) is 8.50. The van der Waals surface area contributed by atoms with Crippen LogP contribution in [0, 0.1) is 19.8 Å². The maximum atomic E-state index is 6.18. The molecule has 3 aromatic rings. The van der Waals surface area contributed by atoms with Crippen LogP contribution in [0.5, 0.6) is 0 Å². The number of furan rings is 1. The van der Waals surface area contributed by atoms with Crippen molar-refractivity contribution >= 4 is 11.0 Å². The summed E-state index contributed by atoms with van der Waals surface area (Å²) in [7, 11) is 0. The van der Waals surface area contributed by atoms with E-state index in [1.54, 1.807) is 0 Å². The van der Waals surface area contributed by atoms with Crippen LogP contribution in [0.4, 0.5) is 0 Å². The Morgan fingerprint density at radius 1 is 1.00 bits per heavy atom. The summed E-state index contributed by atoms with van der Waals surface area (Å²) >= 11 is 0. The molecule has 2 nitrogen and oxygen atoms in total. The summed E-state index contributed by atoms with van der Waals surface area (Å²) < 4.78 is 6.18. The van der Waals surface area contributed by atoms with Gasteiger partial charge in [-0.3, -0.25) is 0 Å². The fourth-order valence-electron chi connectivity index (χ4n) is 3.14. The van der Waals surface area contributed by atoms with Crippen LogP contribution < -0.4 is 5.32 Å². The number of benzene rings is 2. The Morgan fingerprint density at radius 3 is 2.48 bits per heavy atom. The lowest BCUT2D eigenvalue weighted by molar-refractivity contribution is 0.508. The molecule has 23 heavy (non-hydrogen) atoms. The normalized spacial score (nSPS) is 14.5. The van der Waals surface area contributed by atoms with E-state index in [2.05, 4.69) is 61.6 Å². The summed E-state index contributed by atoms with van der Waals surface area (Å²) in [6, 6.07) is 15.2. The Morgan fingerprint density at radius 2 is 1.74 bits per heavy atom. The van der Waals surface area contributed by atoms with Gasteiger partial charge in [0.1, 0.15) is 11.3 Å².